The quantitative estimate of drug-likeness (QED) is 0.839. The van der Waals surface area contributed by atoms with Crippen LogP contribution < -0.4 is 0 Å². The Labute approximate surface area is 112 Å². The van der Waals surface area contributed by atoms with Crippen molar-refractivity contribution in [1.29, 1.82) is 0 Å². The summed E-state index contributed by atoms with van der Waals surface area (Å²) in [7, 11) is -1.86. The average molecular weight is 297 g/mol. The predicted octanol–water partition coefficient (Wildman–Crippen LogP) is 2.85. The fourth-order valence-corrected chi connectivity index (χ4v) is 4.42. The smallest absolute Gasteiger partial charge is 0.232 e. The van der Waals surface area contributed by atoms with Crippen molar-refractivity contribution in [2.45, 2.75) is 37.4 Å². The first-order valence-corrected chi connectivity index (χ1v) is 7.98. The summed E-state index contributed by atoms with van der Waals surface area (Å²) in [5.74, 6) is 0.452. The molecule has 0 saturated carbocycles. The molecule has 98 valence electrons. The van der Waals surface area contributed by atoms with Gasteiger partial charge >= 0.3 is 0 Å². The van der Waals surface area contributed by atoms with E-state index in [4.69, 9.17) is 11.6 Å². The number of thiazole rings is 1. The second-order valence-electron chi connectivity index (χ2n) is 4.43. The van der Waals surface area contributed by atoms with Crippen molar-refractivity contribution in [2.24, 2.45) is 5.92 Å². The molecule has 0 spiro atoms. The fraction of sp³-hybridized carbons (Fsp3) is 0.700. The molecule has 0 amide bonds. The minimum absolute atomic E-state index is 0.0409. The molecule has 0 saturated heterocycles. The highest BCUT2D eigenvalue weighted by Crippen LogP contribution is 2.26. The van der Waals surface area contributed by atoms with Gasteiger partial charge < -0.3 is 0 Å². The van der Waals surface area contributed by atoms with E-state index in [2.05, 4.69) is 18.8 Å². The van der Waals surface area contributed by atoms with E-state index < -0.39 is 10.0 Å². The lowest BCUT2D eigenvalue weighted by molar-refractivity contribution is 0.338. The number of nitrogens with zero attached hydrogens (tertiary/aromatic N) is 2. The molecule has 0 bridgehead atoms. The Hall–Kier alpha value is -0.170. The monoisotopic (exact) mass is 296 g/mol. The van der Waals surface area contributed by atoms with Gasteiger partial charge in [0.2, 0.25) is 0 Å². The Balaban J connectivity index is 2.91. The van der Waals surface area contributed by atoms with Crippen LogP contribution in [-0.2, 0) is 10.0 Å². The number of hydrogen-bond acceptors (Lipinski definition) is 4. The maximum absolute atomic E-state index is 12.2. The van der Waals surface area contributed by atoms with Gasteiger partial charge in [-0.25, -0.2) is 13.4 Å². The highest BCUT2D eigenvalue weighted by atomic mass is 35.5. The van der Waals surface area contributed by atoms with Crippen molar-refractivity contribution >= 4 is 33.0 Å². The second kappa shape index (κ2) is 5.65. The SMILES string of the molecule is CC(C)CC(C)N(C)S(=O)(=O)c1cnc(Cl)s1. The van der Waals surface area contributed by atoms with Gasteiger partial charge in [0.1, 0.15) is 0 Å². The fourth-order valence-electron chi connectivity index (χ4n) is 1.57. The van der Waals surface area contributed by atoms with Crippen molar-refractivity contribution < 1.29 is 8.42 Å². The van der Waals surface area contributed by atoms with Gasteiger partial charge in [0.15, 0.2) is 8.68 Å². The van der Waals surface area contributed by atoms with Gasteiger partial charge in [0.25, 0.3) is 10.0 Å². The molecular weight excluding hydrogens is 280 g/mol. The highest BCUT2D eigenvalue weighted by molar-refractivity contribution is 7.91. The third kappa shape index (κ3) is 3.64. The van der Waals surface area contributed by atoms with Crippen molar-refractivity contribution in [3.8, 4) is 0 Å². The topological polar surface area (TPSA) is 50.3 Å². The van der Waals surface area contributed by atoms with E-state index in [9.17, 15) is 8.42 Å². The molecular formula is C10H17ClN2O2S2. The van der Waals surface area contributed by atoms with Gasteiger partial charge in [-0.2, -0.15) is 4.31 Å². The van der Waals surface area contributed by atoms with Gasteiger partial charge in [-0.1, -0.05) is 36.8 Å². The molecule has 0 radical (unpaired) electrons. The maximum Gasteiger partial charge on any atom is 0.254 e. The molecule has 17 heavy (non-hydrogen) atoms. The number of rotatable bonds is 5. The summed E-state index contributed by atoms with van der Waals surface area (Å²) in [4.78, 5) is 3.76. The van der Waals surface area contributed by atoms with Gasteiger partial charge in [-0.3, -0.25) is 0 Å². The zero-order valence-corrected chi connectivity index (χ0v) is 12.7. The average Bonchev–Trinajstić information content (AvgIpc) is 2.63. The van der Waals surface area contributed by atoms with E-state index in [0.717, 1.165) is 17.8 Å². The summed E-state index contributed by atoms with van der Waals surface area (Å²) in [5.41, 5.74) is 0. The van der Waals surface area contributed by atoms with E-state index >= 15 is 0 Å². The number of halogens is 1. The minimum atomic E-state index is -3.46. The lowest BCUT2D eigenvalue weighted by Gasteiger charge is -2.24. The van der Waals surface area contributed by atoms with Crippen LogP contribution in [0.15, 0.2) is 10.4 Å². The van der Waals surface area contributed by atoms with Gasteiger partial charge in [-0.15, -0.1) is 0 Å². The summed E-state index contributed by atoms with van der Waals surface area (Å²) in [6, 6.07) is -0.0409. The molecule has 0 aromatic carbocycles. The van der Waals surface area contributed by atoms with Crippen LogP contribution in [0.1, 0.15) is 27.2 Å². The lowest BCUT2D eigenvalue weighted by atomic mass is 10.1. The van der Waals surface area contributed by atoms with Crippen LogP contribution in [0.2, 0.25) is 4.47 Å². The minimum Gasteiger partial charge on any atom is -0.232 e. The first-order chi connectivity index (χ1) is 7.75. The molecule has 1 heterocycles. The summed E-state index contributed by atoms with van der Waals surface area (Å²) in [6.07, 6.45) is 2.13. The Kier molecular flexibility index (Phi) is 4.95. The van der Waals surface area contributed by atoms with E-state index in [0.29, 0.717) is 5.92 Å². The van der Waals surface area contributed by atoms with Gasteiger partial charge in [0, 0.05) is 13.1 Å². The first kappa shape index (κ1) is 14.9. The maximum atomic E-state index is 12.2. The van der Waals surface area contributed by atoms with E-state index in [1.165, 1.54) is 10.5 Å². The number of sulfonamides is 1. The zero-order valence-electron chi connectivity index (χ0n) is 10.3. The van der Waals surface area contributed by atoms with Crippen LogP contribution in [0.3, 0.4) is 0 Å². The third-order valence-electron chi connectivity index (χ3n) is 2.52. The molecule has 1 unspecified atom stereocenters. The number of hydrogen-bond donors (Lipinski definition) is 0. The predicted molar refractivity (Wildman–Crippen MR) is 71.0 cm³/mol. The molecule has 1 aromatic rings. The van der Waals surface area contributed by atoms with E-state index in [-0.39, 0.29) is 14.7 Å². The largest absolute Gasteiger partial charge is 0.254 e. The van der Waals surface area contributed by atoms with Gasteiger partial charge in [0.05, 0.1) is 6.20 Å². The number of aromatic nitrogens is 1. The molecule has 0 fully saturated rings. The molecule has 4 nitrogen and oxygen atoms in total. The standard InChI is InChI=1S/C10H17ClN2O2S2/c1-7(2)5-8(3)13(4)17(14,15)9-6-12-10(11)16-9/h6-8H,5H2,1-4H3. The lowest BCUT2D eigenvalue weighted by Crippen LogP contribution is -2.35. The Bertz CT molecular complexity index is 470. The second-order valence-corrected chi connectivity index (χ2v) is 8.27. The molecule has 1 aromatic heterocycles. The summed E-state index contributed by atoms with van der Waals surface area (Å²) >= 11 is 6.64. The van der Waals surface area contributed by atoms with Crippen LogP contribution in [0.4, 0.5) is 0 Å². The van der Waals surface area contributed by atoms with Crippen LogP contribution >= 0.6 is 22.9 Å². The zero-order chi connectivity index (χ0) is 13.2. The van der Waals surface area contributed by atoms with Gasteiger partial charge in [-0.05, 0) is 19.3 Å². The van der Waals surface area contributed by atoms with Crippen molar-refractivity contribution in [2.75, 3.05) is 7.05 Å². The van der Waals surface area contributed by atoms with Crippen molar-refractivity contribution in [3.05, 3.63) is 10.7 Å². The molecule has 0 aliphatic rings. The normalized spacial score (nSPS) is 14.5. The molecule has 7 heteroatoms. The van der Waals surface area contributed by atoms with Crippen molar-refractivity contribution in [1.82, 2.24) is 9.29 Å². The molecule has 0 N–H and O–H groups in total. The first-order valence-electron chi connectivity index (χ1n) is 5.34. The molecule has 1 atom stereocenters. The van der Waals surface area contributed by atoms with E-state index in [1.807, 2.05) is 6.92 Å². The van der Waals surface area contributed by atoms with E-state index in [1.54, 1.807) is 7.05 Å². The third-order valence-corrected chi connectivity index (χ3v) is 6.05. The summed E-state index contributed by atoms with van der Waals surface area (Å²) in [6.45, 7) is 6.04. The van der Waals surface area contributed by atoms with Crippen LogP contribution in [0.5, 0.6) is 0 Å². The highest BCUT2D eigenvalue weighted by Gasteiger charge is 2.27. The Morgan fingerprint density at radius 3 is 2.47 bits per heavy atom. The van der Waals surface area contributed by atoms with Crippen LogP contribution in [0, 0.1) is 5.92 Å². The van der Waals surface area contributed by atoms with Crippen LogP contribution in [-0.4, -0.2) is 30.8 Å². The Morgan fingerprint density at radius 2 is 2.06 bits per heavy atom. The molecule has 0 aliphatic carbocycles. The summed E-state index contributed by atoms with van der Waals surface area (Å²) in [5, 5.41) is 0. The Morgan fingerprint density at radius 1 is 1.47 bits per heavy atom. The van der Waals surface area contributed by atoms with Crippen LogP contribution in [0.25, 0.3) is 0 Å². The molecule has 1 rings (SSSR count). The molecule has 0 aliphatic heterocycles. The summed E-state index contributed by atoms with van der Waals surface area (Å²) < 4.78 is 26.2. The van der Waals surface area contributed by atoms with Crippen molar-refractivity contribution in [3.63, 3.8) is 0 Å².